The number of hydrogen-bond acceptors (Lipinski definition) is 3. The van der Waals surface area contributed by atoms with Crippen molar-refractivity contribution in [3.05, 3.63) is 29.3 Å². The maximum Gasteiger partial charge on any atom is 0.238 e. The lowest BCUT2D eigenvalue weighted by atomic mass is 9.91. The number of hydrogen-bond donors (Lipinski definition) is 2. The second-order valence-electron chi connectivity index (χ2n) is 5.65. The molecule has 0 bridgehead atoms. The van der Waals surface area contributed by atoms with Gasteiger partial charge in [-0.05, 0) is 43.9 Å². The van der Waals surface area contributed by atoms with Gasteiger partial charge in [-0.15, -0.1) is 0 Å². The van der Waals surface area contributed by atoms with Crippen molar-refractivity contribution in [2.45, 2.75) is 39.2 Å². The molecule has 1 aliphatic rings. The van der Waals surface area contributed by atoms with Crippen LogP contribution in [0.3, 0.4) is 0 Å². The first kappa shape index (κ1) is 15.0. The van der Waals surface area contributed by atoms with E-state index in [1.54, 1.807) is 0 Å². The number of rotatable bonds is 6. The molecule has 0 radical (unpaired) electrons. The summed E-state index contributed by atoms with van der Waals surface area (Å²) < 4.78 is 0. The Morgan fingerprint density at radius 2 is 2.15 bits per heavy atom. The molecule has 1 saturated carbocycles. The lowest BCUT2D eigenvalue weighted by molar-refractivity contribution is -0.118. The smallest absolute Gasteiger partial charge is 0.238 e. The van der Waals surface area contributed by atoms with Crippen LogP contribution in [0.15, 0.2) is 18.2 Å². The second-order valence-corrected chi connectivity index (χ2v) is 5.65. The van der Waals surface area contributed by atoms with Gasteiger partial charge >= 0.3 is 0 Å². The van der Waals surface area contributed by atoms with Crippen molar-refractivity contribution in [3.8, 4) is 0 Å². The average Bonchev–Trinajstić information content (AvgIpc) is 2.32. The molecule has 0 unspecified atom stereocenters. The number of anilines is 1. The lowest BCUT2D eigenvalue weighted by Crippen LogP contribution is -2.45. The third-order valence-electron chi connectivity index (χ3n) is 3.99. The molecule has 0 aliphatic heterocycles. The summed E-state index contributed by atoms with van der Waals surface area (Å²) in [7, 11) is 0. The van der Waals surface area contributed by atoms with Crippen molar-refractivity contribution in [2.24, 2.45) is 0 Å². The van der Waals surface area contributed by atoms with Crippen LogP contribution in [0.2, 0.25) is 0 Å². The van der Waals surface area contributed by atoms with Gasteiger partial charge in [0, 0.05) is 18.3 Å². The molecule has 1 aromatic rings. The van der Waals surface area contributed by atoms with Crippen LogP contribution in [-0.2, 0) is 4.79 Å². The average molecular weight is 276 g/mol. The number of aliphatic hydroxyl groups excluding tert-OH is 1. The van der Waals surface area contributed by atoms with Gasteiger partial charge in [-0.3, -0.25) is 9.69 Å². The van der Waals surface area contributed by atoms with E-state index in [2.05, 4.69) is 10.2 Å². The maximum absolute atomic E-state index is 12.2. The maximum atomic E-state index is 12.2. The quantitative estimate of drug-likeness (QED) is 0.836. The molecule has 0 heterocycles. The number of carbonyl (C=O) groups excluding carboxylic acids is 1. The van der Waals surface area contributed by atoms with Crippen molar-refractivity contribution in [2.75, 3.05) is 25.0 Å². The van der Waals surface area contributed by atoms with Crippen LogP contribution >= 0.6 is 0 Å². The van der Waals surface area contributed by atoms with E-state index in [4.69, 9.17) is 5.11 Å². The van der Waals surface area contributed by atoms with Gasteiger partial charge < -0.3 is 10.4 Å². The summed E-state index contributed by atoms with van der Waals surface area (Å²) in [6, 6.07) is 6.51. The van der Waals surface area contributed by atoms with E-state index >= 15 is 0 Å². The zero-order valence-corrected chi connectivity index (χ0v) is 12.4. The number of carbonyl (C=O) groups is 1. The van der Waals surface area contributed by atoms with Gasteiger partial charge in [0.1, 0.15) is 0 Å². The van der Waals surface area contributed by atoms with Gasteiger partial charge in [0.2, 0.25) is 5.91 Å². The first-order valence-corrected chi connectivity index (χ1v) is 7.32. The SMILES string of the molecule is Cc1ccc(C)c(NC(=O)CN(CCO)C2CCC2)c1. The molecule has 1 aromatic carbocycles. The molecule has 2 N–H and O–H groups in total. The van der Waals surface area contributed by atoms with Crippen LogP contribution in [0.5, 0.6) is 0 Å². The fourth-order valence-corrected chi connectivity index (χ4v) is 2.52. The minimum absolute atomic E-state index is 0.000880. The number of benzene rings is 1. The molecule has 2 rings (SSSR count). The number of nitrogens with one attached hydrogen (secondary N) is 1. The van der Waals surface area contributed by atoms with Gasteiger partial charge in [-0.2, -0.15) is 0 Å². The normalized spacial score (nSPS) is 15.2. The second kappa shape index (κ2) is 6.86. The molecule has 1 fully saturated rings. The minimum atomic E-state index is -0.000880. The monoisotopic (exact) mass is 276 g/mol. The first-order valence-electron chi connectivity index (χ1n) is 7.32. The Morgan fingerprint density at radius 1 is 1.40 bits per heavy atom. The molecule has 0 aromatic heterocycles. The third-order valence-corrected chi connectivity index (χ3v) is 3.99. The summed E-state index contributed by atoms with van der Waals surface area (Å²) >= 11 is 0. The van der Waals surface area contributed by atoms with E-state index in [-0.39, 0.29) is 12.5 Å². The standard InChI is InChI=1S/C16H24N2O2/c1-12-6-7-13(2)15(10-12)17-16(20)11-18(8-9-19)14-4-3-5-14/h6-7,10,14,19H,3-5,8-9,11H2,1-2H3,(H,17,20). The Morgan fingerprint density at radius 3 is 2.75 bits per heavy atom. The van der Waals surface area contributed by atoms with Crippen LogP contribution in [0.1, 0.15) is 30.4 Å². The number of nitrogens with zero attached hydrogens (tertiary/aromatic N) is 1. The predicted molar refractivity (Wildman–Crippen MR) is 80.8 cm³/mol. The van der Waals surface area contributed by atoms with Gasteiger partial charge in [-0.25, -0.2) is 0 Å². The van der Waals surface area contributed by atoms with E-state index in [1.807, 2.05) is 32.0 Å². The van der Waals surface area contributed by atoms with Gasteiger partial charge in [0.15, 0.2) is 0 Å². The molecule has 1 aliphatic carbocycles. The van der Waals surface area contributed by atoms with Crippen molar-refractivity contribution < 1.29 is 9.90 Å². The van der Waals surface area contributed by atoms with Crippen molar-refractivity contribution in [1.29, 1.82) is 0 Å². The van der Waals surface area contributed by atoms with E-state index in [9.17, 15) is 4.79 Å². The lowest BCUT2D eigenvalue weighted by Gasteiger charge is -2.36. The molecule has 0 spiro atoms. The number of aryl methyl sites for hydroxylation is 2. The zero-order chi connectivity index (χ0) is 14.5. The molecule has 110 valence electrons. The zero-order valence-electron chi connectivity index (χ0n) is 12.4. The predicted octanol–water partition coefficient (Wildman–Crippen LogP) is 2.09. The highest BCUT2D eigenvalue weighted by molar-refractivity contribution is 5.93. The highest BCUT2D eigenvalue weighted by atomic mass is 16.3. The Bertz CT molecular complexity index is 470. The third kappa shape index (κ3) is 3.81. The van der Waals surface area contributed by atoms with Gasteiger partial charge in [0.05, 0.1) is 13.2 Å². The highest BCUT2D eigenvalue weighted by Crippen LogP contribution is 2.24. The van der Waals surface area contributed by atoms with Gasteiger partial charge in [-0.1, -0.05) is 18.6 Å². The molecular weight excluding hydrogens is 252 g/mol. The first-order chi connectivity index (χ1) is 9.60. The summed E-state index contributed by atoms with van der Waals surface area (Å²) in [5.41, 5.74) is 3.09. The van der Waals surface area contributed by atoms with Crippen LogP contribution < -0.4 is 5.32 Å². The summed E-state index contributed by atoms with van der Waals surface area (Å²) in [6.07, 6.45) is 3.50. The van der Waals surface area contributed by atoms with Crippen LogP contribution in [-0.4, -0.2) is 41.7 Å². The Balaban J connectivity index is 1.94. The number of aliphatic hydroxyl groups is 1. The number of amides is 1. The Hall–Kier alpha value is -1.39. The van der Waals surface area contributed by atoms with E-state index in [0.717, 1.165) is 29.7 Å². The summed E-state index contributed by atoms with van der Waals surface area (Å²) in [6.45, 7) is 5.05. The van der Waals surface area contributed by atoms with Crippen molar-refractivity contribution in [3.63, 3.8) is 0 Å². The Labute approximate surface area is 120 Å². The largest absolute Gasteiger partial charge is 0.395 e. The van der Waals surface area contributed by atoms with Crippen molar-refractivity contribution in [1.82, 2.24) is 4.90 Å². The van der Waals surface area contributed by atoms with E-state index in [1.165, 1.54) is 6.42 Å². The molecule has 1 amide bonds. The van der Waals surface area contributed by atoms with Crippen LogP contribution in [0.25, 0.3) is 0 Å². The summed E-state index contributed by atoms with van der Waals surface area (Å²) in [4.78, 5) is 14.3. The topological polar surface area (TPSA) is 52.6 Å². The fraction of sp³-hybridized carbons (Fsp3) is 0.562. The van der Waals surface area contributed by atoms with Crippen LogP contribution in [0, 0.1) is 13.8 Å². The summed E-state index contributed by atoms with van der Waals surface area (Å²) in [5.74, 6) is -0.000880. The summed E-state index contributed by atoms with van der Waals surface area (Å²) in [5, 5.41) is 12.1. The van der Waals surface area contributed by atoms with Crippen molar-refractivity contribution >= 4 is 11.6 Å². The minimum Gasteiger partial charge on any atom is -0.395 e. The Kier molecular flexibility index (Phi) is 5.15. The van der Waals surface area contributed by atoms with Gasteiger partial charge in [0.25, 0.3) is 0 Å². The molecule has 0 atom stereocenters. The molecule has 0 saturated heterocycles. The molecular formula is C16H24N2O2. The van der Waals surface area contributed by atoms with E-state index in [0.29, 0.717) is 19.1 Å². The van der Waals surface area contributed by atoms with E-state index < -0.39 is 0 Å². The molecule has 4 heteroatoms. The molecule has 4 nitrogen and oxygen atoms in total. The van der Waals surface area contributed by atoms with Crippen LogP contribution in [0.4, 0.5) is 5.69 Å². The highest BCUT2D eigenvalue weighted by Gasteiger charge is 2.26. The molecule has 20 heavy (non-hydrogen) atoms. The fourth-order valence-electron chi connectivity index (χ4n) is 2.52.